The van der Waals surface area contributed by atoms with Gasteiger partial charge in [0.05, 0.1) is 10.6 Å². The van der Waals surface area contributed by atoms with Gasteiger partial charge < -0.3 is 16.0 Å². The number of nitrogens with zero attached hydrogens (tertiary/aromatic N) is 1. The molecular weight excluding hydrogens is 352 g/mol. The molecule has 1 saturated heterocycles. The number of rotatable bonds is 6. The van der Waals surface area contributed by atoms with E-state index in [0.29, 0.717) is 29.2 Å². The topological polar surface area (TPSA) is 73.5 Å². The Kier molecular flexibility index (Phi) is 7.43. The fourth-order valence-electron chi connectivity index (χ4n) is 2.82. The highest BCUT2D eigenvalue weighted by Gasteiger charge is 2.17. The second-order valence-corrected chi connectivity index (χ2v) is 8.23. The fourth-order valence-corrected chi connectivity index (χ4v) is 3.02. The monoisotopic (exact) mass is 380 g/mol. The molecular formula is C19H29ClN4O2. The van der Waals surface area contributed by atoms with Crippen LogP contribution in [-0.2, 0) is 4.79 Å². The molecule has 7 heteroatoms. The van der Waals surface area contributed by atoms with Crippen molar-refractivity contribution in [3.05, 3.63) is 28.8 Å². The van der Waals surface area contributed by atoms with Crippen LogP contribution in [0.1, 0.15) is 37.6 Å². The van der Waals surface area contributed by atoms with Crippen LogP contribution < -0.4 is 16.0 Å². The van der Waals surface area contributed by atoms with Crippen LogP contribution in [0.4, 0.5) is 5.69 Å². The van der Waals surface area contributed by atoms with Crippen molar-refractivity contribution >= 4 is 29.1 Å². The maximum absolute atomic E-state index is 12.4. The molecule has 26 heavy (non-hydrogen) atoms. The molecule has 1 aliphatic heterocycles. The Morgan fingerprint density at radius 1 is 1.23 bits per heavy atom. The minimum Gasteiger partial charge on any atom is -0.351 e. The van der Waals surface area contributed by atoms with Crippen molar-refractivity contribution in [3.63, 3.8) is 0 Å². The van der Waals surface area contributed by atoms with Gasteiger partial charge in [-0.1, -0.05) is 32.4 Å². The maximum Gasteiger partial charge on any atom is 0.252 e. The number of anilines is 1. The van der Waals surface area contributed by atoms with E-state index in [4.69, 9.17) is 11.6 Å². The first-order valence-corrected chi connectivity index (χ1v) is 9.43. The van der Waals surface area contributed by atoms with Crippen LogP contribution in [0.5, 0.6) is 0 Å². The summed E-state index contributed by atoms with van der Waals surface area (Å²) in [5.74, 6) is -0.304. The predicted octanol–water partition coefficient (Wildman–Crippen LogP) is 2.35. The van der Waals surface area contributed by atoms with Crippen molar-refractivity contribution < 1.29 is 9.59 Å². The highest BCUT2D eigenvalue weighted by atomic mass is 35.5. The molecule has 3 N–H and O–H groups in total. The van der Waals surface area contributed by atoms with Crippen LogP contribution in [-0.4, -0.2) is 56.0 Å². The lowest BCUT2D eigenvalue weighted by Gasteiger charge is -2.27. The second kappa shape index (κ2) is 9.35. The predicted molar refractivity (Wildman–Crippen MR) is 106 cm³/mol. The molecule has 1 aromatic carbocycles. The van der Waals surface area contributed by atoms with E-state index in [1.54, 1.807) is 18.2 Å². The first kappa shape index (κ1) is 20.7. The van der Waals surface area contributed by atoms with Gasteiger partial charge in [-0.3, -0.25) is 14.5 Å². The highest BCUT2D eigenvalue weighted by molar-refractivity contribution is 6.34. The molecule has 6 nitrogen and oxygen atoms in total. The summed E-state index contributed by atoms with van der Waals surface area (Å²) in [6.45, 7) is 11.3. The van der Waals surface area contributed by atoms with E-state index in [-0.39, 0.29) is 17.2 Å². The van der Waals surface area contributed by atoms with Crippen molar-refractivity contribution in [1.82, 2.24) is 15.5 Å². The van der Waals surface area contributed by atoms with Gasteiger partial charge in [0.1, 0.15) is 0 Å². The zero-order valence-corrected chi connectivity index (χ0v) is 16.6. The van der Waals surface area contributed by atoms with Crippen LogP contribution >= 0.6 is 11.6 Å². The molecule has 0 aromatic heterocycles. The molecule has 1 heterocycles. The number of piperazine rings is 1. The Morgan fingerprint density at radius 3 is 2.58 bits per heavy atom. The van der Waals surface area contributed by atoms with Crippen LogP contribution in [0, 0.1) is 5.41 Å². The van der Waals surface area contributed by atoms with Crippen LogP contribution in [0.3, 0.4) is 0 Å². The summed E-state index contributed by atoms with van der Waals surface area (Å²) in [4.78, 5) is 26.8. The Hall–Kier alpha value is -1.63. The SMILES string of the molecule is CC(C)(C)CC(=O)Nc1ccc(Cl)c(C(=O)NCCN2CCNCC2)c1. The van der Waals surface area contributed by atoms with Gasteiger partial charge in [-0.2, -0.15) is 0 Å². The summed E-state index contributed by atoms with van der Waals surface area (Å²) in [5.41, 5.74) is 0.858. The summed E-state index contributed by atoms with van der Waals surface area (Å²) >= 11 is 6.17. The lowest BCUT2D eigenvalue weighted by Crippen LogP contribution is -2.46. The molecule has 0 bridgehead atoms. The first-order valence-electron chi connectivity index (χ1n) is 9.05. The third kappa shape index (κ3) is 6.94. The fraction of sp³-hybridized carbons (Fsp3) is 0.579. The van der Waals surface area contributed by atoms with Crippen molar-refractivity contribution in [1.29, 1.82) is 0 Å². The summed E-state index contributed by atoms with van der Waals surface area (Å²) in [6.07, 6.45) is 0.405. The average molecular weight is 381 g/mol. The van der Waals surface area contributed by atoms with E-state index in [0.717, 1.165) is 32.7 Å². The lowest BCUT2D eigenvalue weighted by molar-refractivity contribution is -0.117. The molecule has 0 aliphatic carbocycles. The molecule has 0 unspecified atom stereocenters. The van der Waals surface area contributed by atoms with Gasteiger partial charge in [-0.05, 0) is 23.6 Å². The molecule has 2 rings (SSSR count). The number of hydrogen-bond acceptors (Lipinski definition) is 4. The van der Waals surface area contributed by atoms with Crippen molar-refractivity contribution in [2.45, 2.75) is 27.2 Å². The number of carbonyl (C=O) groups is 2. The number of carbonyl (C=O) groups excluding carboxylic acids is 2. The van der Waals surface area contributed by atoms with Crippen LogP contribution in [0.25, 0.3) is 0 Å². The second-order valence-electron chi connectivity index (χ2n) is 7.83. The van der Waals surface area contributed by atoms with E-state index in [2.05, 4.69) is 20.9 Å². The summed E-state index contributed by atoms with van der Waals surface area (Å²) in [5, 5.41) is 9.42. The van der Waals surface area contributed by atoms with Gasteiger partial charge in [-0.15, -0.1) is 0 Å². The van der Waals surface area contributed by atoms with Crippen molar-refractivity contribution in [2.75, 3.05) is 44.6 Å². The Morgan fingerprint density at radius 2 is 1.92 bits per heavy atom. The molecule has 1 aromatic rings. The largest absolute Gasteiger partial charge is 0.351 e. The van der Waals surface area contributed by atoms with Crippen molar-refractivity contribution in [3.8, 4) is 0 Å². The van der Waals surface area contributed by atoms with Crippen molar-refractivity contribution in [2.24, 2.45) is 5.41 Å². The zero-order chi connectivity index (χ0) is 19.2. The molecule has 0 spiro atoms. The minimum absolute atomic E-state index is 0.0788. The van der Waals surface area contributed by atoms with Gasteiger partial charge in [0.15, 0.2) is 0 Å². The third-order valence-corrected chi connectivity index (χ3v) is 4.44. The lowest BCUT2D eigenvalue weighted by atomic mass is 9.92. The quantitative estimate of drug-likeness (QED) is 0.708. The van der Waals surface area contributed by atoms with Gasteiger partial charge in [0.2, 0.25) is 5.91 Å². The molecule has 1 aliphatic rings. The number of benzene rings is 1. The first-order chi connectivity index (χ1) is 12.2. The number of nitrogens with one attached hydrogen (secondary N) is 3. The summed E-state index contributed by atoms with van der Waals surface area (Å²) < 4.78 is 0. The zero-order valence-electron chi connectivity index (χ0n) is 15.8. The van der Waals surface area contributed by atoms with Gasteiger partial charge in [0.25, 0.3) is 5.91 Å². The Balaban J connectivity index is 1.90. The standard InChI is InChI=1S/C19H29ClN4O2/c1-19(2,3)13-17(25)23-14-4-5-16(20)15(12-14)18(26)22-8-11-24-9-6-21-7-10-24/h4-5,12,21H,6-11,13H2,1-3H3,(H,22,26)(H,23,25). The number of hydrogen-bond donors (Lipinski definition) is 3. The van der Waals surface area contributed by atoms with E-state index >= 15 is 0 Å². The minimum atomic E-state index is -0.225. The molecule has 0 atom stereocenters. The molecule has 0 saturated carbocycles. The van der Waals surface area contributed by atoms with E-state index in [1.165, 1.54) is 0 Å². The van der Waals surface area contributed by atoms with Gasteiger partial charge in [0, 0.05) is 51.4 Å². The van der Waals surface area contributed by atoms with E-state index < -0.39 is 0 Å². The highest BCUT2D eigenvalue weighted by Crippen LogP contribution is 2.23. The smallest absolute Gasteiger partial charge is 0.252 e. The normalized spacial score (nSPS) is 15.5. The van der Waals surface area contributed by atoms with E-state index in [1.807, 2.05) is 20.8 Å². The maximum atomic E-state index is 12.4. The van der Waals surface area contributed by atoms with Gasteiger partial charge >= 0.3 is 0 Å². The molecule has 2 amide bonds. The summed E-state index contributed by atoms with van der Waals surface area (Å²) in [7, 11) is 0. The van der Waals surface area contributed by atoms with Crippen LogP contribution in [0.15, 0.2) is 18.2 Å². The van der Waals surface area contributed by atoms with Gasteiger partial charge in [-0.25, -0.2) is 0 Å². The van der Waals surface area contributed by atoms with E-state index in [9.17, 15) is 9.59 Å². The third-order valence-electron chi connectivity index (χ3n) is 4.11. The molecule has 0 radical (unpaired) electrons. The Labute approximate surface area is 160 Å². The summed E-state index contributed by atoms with van der Waals surface area (Å²) in [6, 6.07) is 4.98. The average Bonchev–Trinajstić information content (AvgIpc) is 2.55. The molecule has 1 fully saturated rings. The number of halogens is 1. The van der Waals surface area contributed by atoms with Crippen LogP contribution in [0.2, 0.25) is 5.02 Å². The Bertz CT molecular complexity index is 637. The number of amides is 2. The molecule has 144 valence electrons.